The Kier molecular flexibility index (Phi) is 9.30. The molecule has 0 atom stereocenters. The zero-order valence-corrected chi connectivity index (χ0v) is 35.4. The SMILES string of the molecule is CC(C)(C)c1ccnc(-n2c3[c-]c(Oc4[c-]c(-n5[c-][n+](-c6ccccc6B6c7ccccc7Oc7ccccc76)c6ccccc65)ccc4)ccc3c3ccccc32)c1.[Pt]. The van der Waals surface area contributed by atoms with Gasteiger partial charge in [0.1, 0.15) is 17.3 Å². The standard InChI is InChI=1S/C52H37BN4O2.Pt/c1-52(2,3)35-29-30-54-51(31-35)57-44-21-8-4-17-39(44)40-28-27-38(33-48(40)57)58-37-16-14-15-36(32-37)55-34-56(47-24-11-10-23-46(47)55)45-22-9-5-18-41(45)53-42-19-6-12-25-49(42)59-50-26-13-7-20-43(50)53;/h4-31H,1-3H3;/q-2;. The molecule has 0 fully saturated rings. The molecule has 0 aliphatic carbocycles. The minimum absolute atomic E-state index is 0. The first-order valence-electron chi connectivity index (χ1n) is 19.9. The molecule has 8 heteroatoms. The van der Waals surface area contributed by atoms with E-state index in [1.54, 1.807) is 0 Å². The first-order valence-corrected chi connectivity index (χ1v) is 19.9. The third-order valence-corrected chi connectivity index (χ3v) is 11.3. The Morgan fingerprint density at radius 3 is 2.08 bits per heavy atom. The van der Waals surface area contributed by atoms with E-state index in [4.69, 9.17) is 14.5 Å². The first-order chi connectivity index (χ1) is 28.9. The fourth-order valence-corrected chi connectivity index (χ4v) is 8.52. The summed E-state index contributed by atoms with van der Waals surface area (Å²) in [6.07, 6.45) is 5.61. The fourth-order valence-electron chi connectivity index (χ4n) is 8.52. The predicted molar refractivity (Wildman–Crippen MR) is 236 cm³/mol. The molecule has 0 unspecified atom stereocenters. The molecule has 10 aromatic rings. The van der Waals surface area contributed by atoms with Gasteiger partial charge in [0.15, 0.2) is 0 Å². The summed E-state index contributed by atoms with van der Waals surface area (Å²) in [5, 5.41) is 2.22. The molecule has 6 nitrogen and oxygen atoms in total. The van der Waals surface area contributed by atoms with Crippen molar-refractivity contribution >= 4 is 55.9 Å². The van der Waals surface area contributed by atoms with Gasteiger partial charge in [-0.25, -0.2) is 4.98 Å². The van der Waals surface area contributed by atoms with Crippen LogP contribution >= 0.6 is 0 Å². The summed E-state index contributed by atoms with van der Waals surface area (Å²) in [6.45, 7) is 6.63. The van der Waals surface area contributed by atoms with Crippen LogP contribution in [0.25, 0.3) is 50.0 Å². The van der Waals surface area contributed by atoms with E-state index >= 15 is 0 Å². The van der Waals surface area contributed by atoms with Crippen LogP contribution in [0.1, 0.15) is 26.3 Å². The van der Waals surface area contributed by atoms with E-state index in [1.165, 1.54) is 5.56 Å². The van der Waals surface area contributed by atoms with E-state index in [-0.39, 0.29) is 33.2 Å². The maximum absolute atomic E-state index is 6.59. The van der Waals surface area contributed by atoms with Crippen LogP contribution in [-0.2, 0) is 26.5 Å². The largest absolute Gasteiger partial charge is 0.510 e. The van der Waals surface area contributed by atoms with E-state index in [9.17, 15) is 0 Å². The van der Waals surface area contributed by atoms with Crippen molar-refractivity contribution in [3.63, 3.8) is 0 Å². The van der Waals surface area contributed by atoms with Crippen molar-refractivity contribution in [1.29, 1.82) is 0 Å². The molecule has 292 valence electrons. The molecule has 4 heterocycles. The zero-order valence-electron chi connectivity index (χ0n) is 33.2. The van der Waals surface area contributed by atoms with Gasteiger partial charge in [-0.05, 0) is 69.4 Å². The molecule has 1 aliphatic heterocycles. The monoisotopic (exact) mass is 955 g/mol. The summed E-state index contributed by atoms with van der Waals surface area (Å²) >= 11 is 0. The number of benzene rings is 7. The molecule has 0 bridgehead atoms. The van der Waals surface area contributed by atoms with Crippen LogP contribution < -0.4 is 30.4 Å². The van der Waals surface area contributed by atoms with E-state index in [0.29, 0.717) is 11.5 Å². The predicted octanol–water partition coefficient (Wildman–Crippen LogP) is 9.51. The van der Waals surface area contributed by atoms with Gasteiger partial charge >= 0.3 is 0 Å². The molecular formula is C52H37BN4O2Pt-2. The summed E-state index contributed by atoms with van der Waals surface area (Å²) < 4.78 is 19.4. The second-order valence-electron chi connectivity index (χ2n) is 16.0. The number of imidazole rings is 1. The van der Waals surface area contributed by atoms with Crippen LogP contribution in [0.3, 0.4) is 0 Å². The molecule has 0 spiro atoms. The number of nitrogens with zero attached hydrogens (tertiary/aromatic N) is 4. The van der Waals surface area contributed by atoms with Gasteiger partial charge in [-0.1, -0.05) is 129 Å². The minimum Gasteiger partial charge on any atom is -0.510 e. The summed E-state index contributed by atoms with van der Waals surface area (Å²) in [4.78, 5) is 4.84. The van der Waals surface area contributed by atoms with Crippen molar-refractivity contribution < 1.29 is 35.1 Å². The quantitative estimate of drug-likeness (QED) is 0.0949. The van der Waals surface area contributed by atoms with E-state index in [0.717, 1.165) is 77.9 Å². The Morgan fingerprint density at radius 2 is 1.30 bits per heavy atom. The van der Waals surface area contributed by atoms with Gasteiger partial charge in [-0.15, -0.1) is 29.7 Å². The van der Waals surface area contributed by atoms with Gasteiger partial charge in [0, 0.05) is 44.3 Å². The topological polar surface area (TPSA) is 45.1 Å². The fraction of sp³-hybridized carbons (Fsp3) is 0.0769. The van der Waals surface area contributed by atoms with E-state index in [2.05, 4.69) is 180 Å². The molecule has 0 saturated heterocycles. The number of pyridine rings is 1. The number of aromatic nitrogens is 4. The minimum atomic E-state index is -0.0378. The molecule has 0 radical (unpaired) electrons. The molecule has 11 rings (SSSR count). The van der Waals surface area contributed by atoms with Crippen LogP contribution in [0.2, 0.25) is 0 Å². The van der Waals surface area contributed by atoms with E-state index < -0.39 is 0 Å². The van der Waals surface area contributed by atoms with Crippen LogP contribution in [0, 0.1) is 18.5 Å². The van der Waals surface area contributed by atoms with Crippen LogP contribution in [0.15, 0.2) is 170 Å². The van der Waals surface area contributed by atoms with Crippen molar-refractivity contribution in [2.24, 2.45) is 0 Å². The Morgan fingerprint density at radius 1 is 0.633 bits per heavy atom. The summed E-state index contributed by atoms with van der Waals surface area (Å²) in [6, 6.07) is 63.6. The second-order valence-corrected chi connectivity index (χ2v) is 16.0. The normalized spacial score (nSPS) is 12.2. The third-order valence-electron chi connectivity index (χ3n) is 11.3. The average molecular weight is 956 g/mol. The summed E-state index contributed by atoms with van der Waals surface area (Å²) in [5.74, 6) is 3.75. The number of hydrogen-bond donors (Lipinski definition) is 0. The molecule has 7 aromatic carbocycles. The number of rotatable bonds is 6. The zero-order chi connectivity index (χ0) is 39.7. The molecule has 60 heavy (non-hydrogen) atoms. The van der Waals surface area contributed by atoms with Gasteiger partial charge in [-0.2, -0.15) is 18.2 Å². The van der Waals surface area contributed by atoms with Crippen molar-refractivity contribution in [1.82, 2.24) is 14.1 Å². The first kappa shape index (κ1) is 37.6. The molecule has 0 N–H and O–H groups in total. The molecular weight excluding hydrogens is 918 g/mol. The Hall–Kier alpha value is -6.69. The summed E-state index contributed by atoms with van der Waals surface area (Å²) in [5.41, 5.74) is 10.4. The van der Waals surface area contributed by atoms with E-state index in [1.807, 2.05) is 42.6 Å². The number of para-hydroxylation sites is 6. The maximum Gasteiger partial charge on any atom is 0.268 e. The molecule has 0 saturated carbocycles. The van der Waals surface area contributed by atoms with Gasteiger partial charge in [0.2, 0.25) is 6.71 Å². The van der Waals surface area contributed by atoms with Gasteiger partial charge in [0.05, 0.1) is 16.7 Å². The number of hydrogen-bond acceptors (Lipinski definition) is 3. The van der Waals surface area contributed by atoms with Gasteiger partial charge in [0.25, 0.3) is 6.33 Å². The second kappa shape index (κ2) is 14.8. The van der Waals surface area contributed by atoms with Crippen LogP contribution in [0.4, 0.5) is 0 Å². The number of fused-ring (bicyclic) bond motifs is 6. The van der Waals surface area contributed by atoms with Crippen molar-refractivity contribution in [2.75, 3.05) is 0 Å². The Labute approximate surface area is 363 Å². The van der Waals surface area contributed by atoms with Crippen LogP contribution in [-0.4, -0.2) is 20.8 Å². The van der Waals surface area contributed by atoms with Crippen molar-refractivity contribution in [2.45, 2.75) is 26.2 Å². The molecule has 3 aromatic heterocycles. The summed E-state index contributed by atoms with van der Waals surface area (Å²) in [7, 11) is 0. The number of ether oxygens (including phenoxy) is 2. The van der Waals surface area contributed by atoms with Crippen LogP contribution in [0.5, 0.6) is 23.0 Å². The Balaban J connectivity index is 0.00000433. The maximum atomic E-state index is 6.59. The molecule has 1 aliphatic rings. The van der Waals surface area contributed by atoms with Gasteiger partial charge in [-0.3, -0.25) is 4.57 Å². The average Bonchev–Trinajstić information content (AvgIpc) is 3.81. The molecule has 0 amide bonds. The van der Waals surface area contributed by atoms with Crippen molar-refractivity contribution in [3.05, 3.63) is 194 Å². The smallest absolute Gasteiger partial charge is 0.268 e. The Bertz CT molecular complexity index is 3210. The van der Waals surface area contributed by atoms with Crippen molar-refractivity contribution in [3.8, 4) is 40.2 Å². The van der Waals surface area contributed by atoms with Gasteiger partial charge < -0.3 is 18.6 Å². The third kappa shape index (κ3) is 6.32.